The van der Waals surface area contributed by atoms with Crippen LogP contribution in [0.25, 0.3) is 0 Å². The van der Waals surface area contributed by atoms with Crippen LogP contribution >= 0.6 is 0 Å². The SMILES string of the molecule is O=C(c1ccccc1)c1ccc(N2C(=O)C3CC=C4C(CC5C(=O)N(c6ccc(C(=O)c7ccccc7)cc6)C(=O)C5C4c4ccc(OCc5ccccc5)cc4O)C3C2=O)cc1. The number of benzene rings is 6. The summed E-state index contributed by atoms with van der Waals surface area (Å²) >= 11 is 0. The van der Waals surface area contributed by atoms with Gasteiger partial charge in [0.05, 0.1) is 35.0 Å². The quantitative estimate of drug-likeness (QED) is 0.0825. The second kappa shape index (κ2) is 16.0. The summed E-state index contributed by atoms with van der Waals surface area (Å²) in [6, 6.07) is 45.0. The fourth-order valence-electron chi connectivity index (χ4n) is 10.1. The highest BCUT2D eigenvalue weighted by atomic mass is 16.5. The summed E-state index contributed by atoms with van der Waals surface area (Å²) in [7, 11) is 0. The molecule has 10 heteroatoms. The van der Waals surface area contributed by atoms with Crippen molar-refractivity contribution in [3.63, 3.8) is 0 Å². The number of phenols is 1. The maximum absolute atomic E-state index is 14.8. The molecule has 10 nitrogen and oxygen atoms in total. The van der Waals surface area contributed by atoms with Crippen molar-refractivity contribution >= 4 is 46.6 Å². The van der Waals surface area contributed by atoms with E-state index in [1.807, 2.05) is 48.5 Å². The van der Waals surface area contributed by atoms with Crippen molar-refractivity contribution in [2.24, 2.45) is 29.6 Å². The zero-order chi connectivity index (χ0) is 43.4. The van der Waals surface area contributed by atoms with Gasteiger partial charge in [0.15, 0.2) is 11.6 Å². The van der Waals surface area contributed by atoms with Gasteiger partial charge in [-0.15, -0.1) is 0 Å². The van der Waals surface area contributed by atoms with Gasteiger partial charge in [-0.1, -0.05) is 109 Å². The van der Waals surface area contributed by atoms with Gasteiger partial charge in [0, 0.05) is 39.8 Å². The van der Waals surface area contributed by atoms with Crippen molar-refractivity contribution < 1.29 is 38.6 Å². The highest BCUT2D eigenvalue weighted by molar-refractivity contribution is 6.24. The molecule has 6 atom stereocenters. The summed E-state index contributed by atoms with van der Waals surface area (Å²) < 4.78 is 6.02. The van der Waals surface area contributed by atoms with Crippen LogP contribution < -0.4 is 14.5 Å². The molecular weight excluding hydrogens is 793 g/mol. The maximum Gasteiger partial charge on any atom is 0.238 e. The van der Waals surface area contributed by atoms with E-state index in [-0.39, 0.29) is 42.7 Å². The Morgan fingerprint density at radius 2 is 1.03 bits per heavy atom. The number of hydrogen-bond acceptors (Lipinski definition) is 8. The molecule has 3 fully saturated rings. The molecule has 1 N–H and O–H groups in total. The van der Waals surface area contributed by atoms with Crippen molar-refractivity contribution in [1.29, 1.82) is 0 Å². The summed E-state index contributed by atoms with van der Waals surface area (Å²) in [5, 5.41) is 11.8. The van der Waals surface area contributed by atoms with E-state index < -0.39 is 53.2 Å². The number of aromatic hydroxyl groups is 1. The van der Waals surface area contributed by atoms with Gasteiger partial charge in [-0.2, -0.15) is 0 Å². The lowest BCUT2D eigenvalue weighted by atomic mass is 9.57. The number of carbonyl (C=O) groups is 6. The molecule has 2 aliphatic heterocycles. The average molecular weight is 833 g/mol. The molecule has 2 saturated heterocycles. The fraction of sp³-hybridized carbons (Fsp3) is 0.170. The summed E-state index contributed by atoms with van der Waals surface area (Å²) in [4.78, 5) is 87.0. The van der Waals surface area contributed by atoms with Crippen molar-refractivity contribution in [3.8, 4) is 11.5 Å². The maximum atomic E-state index is 14.8. The van der Waals surface area contributed by atoms with E-state index >= 15 is 0 Å². The lowest BCUT2D eigenvalue weighted by Gasteiger charge is -2.44. The number of carbonyl (C=O) groups excluding carboxylic acids is 6. The molecule has 310 valence electrons. The Kier molecular flexibility index (Phi) is 9.98. The molecular formula is C53H40N2O8. The minimum absolute atomic E-state index is 0.129. The third kappa shape index (κ3) is 6.84. The van der Waals surface area contributed by atoms with E-state index in [1.165, 1.54) is 11.0 Å². The van der Waals surface area contributed by atoms with Gasteiger partial charge < -0.3 is 9.84 Å². The van der Waals surface area contributed by atoms with Gasteiger partial charge in [-0.3, -0.25) is 38.6 Å². The predicted molar refractivity (Wildman–Crippen MR) is 234 cm³/mol. The van der Waals surface area contributed by atoms with Crippen LogP contribution in [0.15, 0.2) is 169 Å². The molecule has 0 bridgehead atoms. The average Bonchev–Trinajstić information content (AvgIpc) is 3.74. The number of phenolic OH excluding ortho intramolecular Hbond substituents is 1. The Morgan fingerprint density at radius 3 is 1.57 bits per heavy atom. The molecule has 2 aliphatic carbocycles. The highest BCUT2D eigenvalue weighted by Crippen LogP contribution is 2.59. The zero-order valence-electron chi connectivity index (χ0n) is 33.9. The van der Waals surface area contributed by atoms with Gasteiger partial charge in [0.1, 0.15) is 18.1 Å². The number of rotatable bonds is 10. The lowest BCUT2D eigenvalue weighted by Crippen LogP contribution is -2.43. The number of hydrogen-bond donors (Lipinski definition) is 1. The second-order valence-electron chi connectivity index (χ2n) is 16.5. The molecule has 6 aromatic rings. The minimum atomic E-state index is -0.929. The van der Waals surface area contributed by atoms with E-state index in [4.69, 9.17) is 4.74 Å². The Morgan fingerprint density at radius 1 is 0.540 bits per heavy atom. The van der Waals surface area contributed by atoms with Crippen molar-refractivity contribution in [2.75, 3.05) is 9.80 Å². The number of imide groups is 2. The van der Waals surface area contributed by atoms with Gasteiger partial charge in [-0.05, 0) is 78.9 Å². The molecule has 4 amide bonds. The molecule has 1 saturated carbocycles. The summed E-state index contributed by atoms with van der Waals surface area (Å²) in [5.41, 5.74) is 4.55. The first-order chi connectivity index (χ1) is 30.7. The fourth-order valence-corrected chi connectivity index (χ4v) is 10.1. The Hall–Kier alpha value is -7.72. The monoisotopic (exact) mass is 832 g/mol. The van der Waals surface area contributed by atoms with Crippen LogP contribution in [0.4, 0.5) is 11.4 Å². The molecule has 6 aromatic carbocycles. The van der Waals surface area contributed by atoms with Crippen LogP contribution in [0.2, 0.25) is 0 Å². The molecule has 10 rings (SSSR count). The van der Waals surface area contributed by atoms with E-state index in [0.717, 1.165) is 16.0 Å². The molecule has 4 aliphatic rings. The topological polar surface area (TPSA) is 138 Å². The second-order valence-corrected chi connectivity index (χ2v) is 16.5. The molecule has 63 heavy (non-hydrogen) atoms. The smallest absolute Gasteiger partial charge is 0.238 e. The molecule has 0 aromatic heterocycles. The Balaban J connectivity index is 0.985. The first kappa shape index (κ1) is 39.4. The normalized spacial score (nSPS) is 22.6. The van der Waals surface area contributed by atoms with Gasteiger partial charge >= 0.3 is 0 Å². The Bertz CT molecular complexity index is 2840. The van der Waals surface area contributed by atoms with Crippen LogP contribution in [-0.4, -0.2) is 40.3 Å². The minimum Gasteiger partial charge on any atom is -0.508 e. The van der Waals surface area contributed by atoms with Crippen molar-refractivity contribution in [2.45, 2.75) is 25.4 Å². The highest BCUT2D eigenvalue weighted by Gasteiger charge is 2.62. The predicted octanol–water partition coefficient (Wildman–Crippen LogP) is 8.48. The number of allylic oxidation sites excluding steroid dienone is 2. The number of anilines is 2. The van der Waals surface area contributed by atoms with E-state index in [1.54, 1.807) is 109 Å². The Labute approximate surface area is 363 Å². The summed E-state index contributed by atoms with van der Waals surface area (Å²) in [5.74, 6) is -6.57. The van der Waals surface area contributed by atoms with Crippen molar-refractivity contribution in [1.82, 2.24) is 0 Å². The van der Waals surface area contributed by atoms with Crippen LogP contribution in [0, 0.1) is 29.6 Å². The summed E-state index contributed by atoms with van der Waals surface area (Å²) in [6.07, 6.45) is 2.28. The first-order valence-electron chi connectivity index (χ1n) is 21.0. The molecule has 2 heterocycles. The van der Waals surface area contributed by atoms with Gasteiger partial charge in [0.2, 0.25) is 23.6 Å². The number of amides is 4. The van der Waals surface area contributed by atoms with E-state index in [0.29, 0.717) is 44.9 Å². The van der Waals surface area contributed by atoms with Crippen LogP contribution in [-0.2, 0) is 25.8 Å². The molecule has 0 radical (unpaired) electrons. The van der Waals surface area contributed by atoms with Crippen LogP contribution in [0.1, 0.15) is 61.7 Å². The third-order valence-corrected chi connectivity index (χ3v) is 13.1. The number of nitrogens with zero attached hydrogens (tertiary/aromatic N) is 2. The standard InChI is InChI=1S/C53H40N2O8/c56-44-28-38(63-30-31-10-4-1-5-11-31)24-25-40(44)45-39-26-27-41-46(52(61)54(50(41)59)36-20-16-34(17-21-36)48(57)32-12-6-2-7-13-32)42(39)29-43-47(45)53(62)55(51(43)60)37-22-18-35(19-23-37)49(58)33-14-8-3-9-15-33/h1-26,28,41-43,45-47,56H,27,29-30H2. The van der Waals surface area contributed by atoms with Crippen molar-refractivity contribution in [3.05, 3.63) is 203 Å². The zero-order valence-corrected chi connectivity index (χ0v) is 33.9. The lowest BCUT2D eigenvalue weighted by molar-refractivity contribution is -0.126. The van der Waals surface area contributed by atoms with Crippen LogP contribution in [0.5, 0.6) is 11.5 Å². The van der Waals surface area contributed by atoms with Gasteiger partial charge in [-0.25, -0.2) is 0 Å². The van der Waals surface area contributed by atoms with Crippen LogP contribution in [0.3, 0.4) is 0 Å². The first-order valence-corrected chi connectivity index (χ1v) is 21.0. The number of ether oxygens (including phenoxy) is 1. The summed E-state index contributed by atoms with van der Waals surface area (Å²) in [6.45, 7) is 0.264. The number of fused-ring (bicyclic) bond motifs is 4. The molecule has 0 spiro atoms. The number of ketones is 2. The van der Waals surface area contributed by atoms with E-state index in [2.05, 4.69) is 0 Å². The molecule has 6 unspecified atom stereocenters. The van der Waals surface area contributed by atoms with Gasteiger partial charge in [0.25, 0.3) is 0 Å². The van der Waals surface area contributed by atoms with E-state index in [9.17, 15) is 33.9 Å². The third-order valence-electron chi connectivity index (χ3n) is 13.1. The largest absolute Gasteiger partial charge is 0.508 e.